The van der Waals surface area contributed by atoms with Gasteiger partial charge in [0.25, 0.3) is 0 Å². The number of halogens is 1. The van der Waals surface area contributed by atoms with Crippen molar-refractivity contribution in [2.45, 2.75) is 17.1 Å². The summed E-state index contributed by atoms with van der Waals surface area (Å²) in [6, 6.07) is 14.9. The van der Waals surface area contributed by atoms with Crippen LogP contribution in [0.4, 0.5) is 0 Å². The van der Waals surface area contributed by atoms with E-state index < -0.39 is 0 Å². The lowest BCUT2D eigenvalue weighted by molar-refractivity contribution is -0.120. The lowest BCUT2D eigenvalue weighted by Crippen LogP contribution is -2.33. The molecule has 2 aromatic carbocycles. The van der Waals surface area contributed by atoms with Crippen LogP contribution in [0, 0.1) is 0 Å². The zero-order valence-corrected chi connectivity index (χ0v) is 15.2. The van der Waals surface area contributed by atoms with Crippen LogP contribution in [0.5, 0.6) is 11.5 Å². The smallest absolute Gasteiger partial charge is 0.233 e. The molecule has 0 aromatic heterocycles. The molecule has 0 unspecified atom stereocenters. The van der Waals surface area contributed by atoms with Gasteiger partial charge in [0.2, 0.25) is 5.91 Å². The van der Waals surface area contributed by atoms with Gasteiger partial charge in [-0.15, -0.1) is 11.8 Å². The van der Waals surface area contributed by atoms with Crippen molar-refractivity contribution in [3.8, 4) is 11.5 Å². The third kappa shape index (κ3) is 5.65. The molecule has 24 heavy (non-hydrogen) atoms. The maximum absolute atomic E-state index is 12.1. The zero-order chi connectivity index (χ0) is 17.4. The summed E-state index contributed by atoms with van der Waals surface area (Å²) >= 11 is 7.35. The fourth-order valence-corrected chi connectivity index (χ4v) is 3.01. The molecular formula is C18H20ClNO3S. The van der Waals surface area contributed by atoms with Crippen LogP contribution in [0.2, 0.25) is 5.02 Å². The first-order valence-corrected chi connectivity index (χ1v) is 8.81. The van der Waals surface area contributed by atoms with E-state index in [1.807, 2.05) is 55.5 Å². The van der Waals surface area contributed by atoms with Gasteiger partial charge in [-0.3, -0.25) is 4.79 Å². The maximum atomic E-state index is 12.1. The number of benzene rings is 2. The predicted octanol–water partition coefficient (Wildman–Crippen LogP) is 4.02. The summed E-state index contributed by atoms with van der Waals surface area (Å²) in [5, 5.41) is 3.36. The quantitative estimate of drug-likeness (QED) is 0.567. The van der Waals surface area contributed by atoms with Crippen LogP contribution < -0.4 is 14.8 Å². The van der Waals surface area contributed by atoms with Crippen LogP contribution in [-0.4, -0.2) is 31.4 Å². The highest BCUT2D eigenvalue weighted by molar-refractivity contribution is 8.00. The van der Waals surface area contributed by atoms with E-state index in [-0.39, 0.29) is 11.2 Å². The second kappa shape index (κ2) is 9.45. The molecule has 0 radical (unpaired) electrons. The molecule has 0 aliphatic heterocycles. The molecule has 4 nitrogen and oxygen atoms in total. The maximum Gasteiger partial charge on any atom is 0.233 e. The third-order valence-corrected chi connectivity index (χ3v) is 4.59. The minimum atomic E-state index is -0.197. The summed E-state index contributed by atoms with van der Waals surface area (Å²) < 4.78 is 10.8. The molecule has 0 saturated carbocycles. The van der Waals surface area contributed by atoms with E-state index >= 15 is 0 Å². The van der Waals surface area contributed by atoms with Crippen molar-refractivity contribution in [1.82, 2.24) is 5.32 Å². The Labute approximate surface area is 151 Å². The molecule has 0 heterocycles. The molecule has 0 spiro atoms. The second-order valence-electron chi connectivity index (χ2n) is 5.00. The second-order valence-corrected chi connectivity index (χ2v) is 6.85. The normalized spacial score (nSPS) is 11.6. The molecule has 1 amide bonds. The summed E-state index contributed by atoms with van der Waals surface area (Å²) in [6.45, 7) is 2.68. The Bertz CT molecular complexity index is 664. The Morgan fingerprint density at radius 2 is 1.83 bits per heavy atom. The lowest BCUT2D eigenvalue weighted by Gasteiger charge is -2.13. The molecule has 128 valence electrons. The van der Waals surface area contributed by atoms with Crippen LogP contribution in [-0.2, 0) is 4.79 Å². The van der Waals surface area contributed by atoms with Gasteiger partial charge in [0.1, 0.15) is 6.61 Å². The molecule has 1 atom stereocenters. The number of methoxy groups -OCH3 is 1. The van der Waals surface area contributed by atoms with E-state index in [0.717, 1.165) is 4.90 Å². The first kappa shape index (κ1) is 18.5. The number of nitrogens with one attached hydrogen (secondary N) is 1. The van der Waals surface area contributed by atoms with Crippen LogP contribution in [0.25, 0.3) is 0 Å². The zero-order valence-electron chi connectivity index (χ0n) is 13.6. The van der Waals surface area contributed by atoms with Gasteiger partial charge in [-0.25, -0.2) is 0 Å². The number of hydrogen-bond acceptors (Lipinski definition) is 4. The molecule has 2 aromatic rings. The Morgan fingerprint density at radius 3 is 2.50 bits per heavy atom. The van der Waals surface area contributed by atoms with E-state index in [1.54, 1.807) is 7.11 Å². The molecule has 0 bridgehead atoms. The minimum absolute atomic E-state index is 0.0291. The minimum Gasteiger partial charge on any atom is -0.493 e. The highest BCUT2D eigenvalue weighted by atomic mass is 35.5. The Hall–Kier alpha value is -1.85. The van der Waals surface area contributed by atoms with E-state index in [4.69, 9.17) is 21.1 Å². The van der Waals surface area contributed by atoms with Crippen LogP contribution in [0.15, 0.2) is 53.4 Å². The Balaban J connectivity index is 1.73. The average molecular weight is 366 g/mol. The summed E-state index contributed by atoms with van der Waals surface area (Å²) in [7, 11) is 1.60. The van der Waals surface area contributed by atoms with E-state index in [9.17, 15) is 4.79 Å². The highest BCUT2D eigenvalue weighted by Crippen LogP contribution is 2.26. The third-order valence-electron chi connectivity index (χ3n) is 3.22. The van der Waals surface area contributed by atoms with E-state index in [2.05, 4.69) is 5.32 Å². The van der Waals surface area contributed by atoms with Gasteiger partial charge < -0.3 is 14.8 Å². The van der Waals surface area contributed by atoms with E-state index in [0.29, 0.717) is 29.7 Å². The molecule has 0 saturated heterocycles. The van der Waals surface area contributed by atoms with Crippen molar-refractivity contribution in [2.24, 2.45) is 0 Å². The summed E-state index contributed by atoms with van der Waals surface area (Å²) in [4.78, 5) is 13.1. The number of hydrogen-bond donors (Lipinski definition) is 1. The number of para-hydroxylation sites is 2. The number of thioether (sulfide) groups is 1. The van der Waals surface area contributed by atoms with Gasteiger partial charge in [0.05, 0.1) is 18.9 Å². The molecule has 2 rings (SSSR count). The van der Waals surface area contributed by atoms with Gasteiger partial charge in [0, 0.05) is 9.92 Å². The number of ether oxygens (including phenoxy) is 2. The van der Waals surface area contributed by atoms with Crippen molar-refractivity contribution >= 4 is 29.3 Å². The van der Waals surface area contributed by atoms with Crippen molar-refractivity contribution < 1.29 is 14.3 Å². The molecule has 0 aliphatic carbocycles. The number of carbonyl (C=O) groups is 1. The van der Waals surface area contributed by atoms with Gasteiger partial charge in [-0.2, -0.15) is 0 Å². The SMILES string of the molecule is COc1ccccc1OCCNC(=O)[C@@H](C)Sc1ccc(Cl)cc1. The summed E-state index contributed by atoms with van der Waals surface area (Å²) in [6.07, 6.45) is 0. The number of amides is 1. The van der Waals surface area contributed by atoms with Crippen molar-refractivity contribution in [3.63, 3.8) is 0 Å². The van der Waals surface area contributed by atoms with Crippen LogP contribution in [0.1, 0.15) is 6.92 Å². The van der Waals surface area contributed by atoms with Gasteiger partial charge in [-0.1, -0.05) is 23.7 Å². The van der Waals surface area contributed by atoms with Crippen molar-refractivity contribution in [3.05, 3.63) is 53.6 Å². The largest absolute Gasteiger partial charge is 0.493 e. The first-order chi connectivity index (χ1) is 11.6. The topological polar surface area (TPSA) is 47.6 Å². The summed E-state index contributed by atoms with van der Waals surface area (Å²) in [5.41, 5.74) is 0. The van der Waals surface area contributed by atoms with Gasteiger partial charge >= 0.3 is 0 Å². The first-order valence-electron chi connectivity index (χ1n) is 7.56. The Morgan fingerprint density at radius 1 is 1.17 bits per heavy atom. The molecule has 6 heteroatoms. The van der Waals surface area contributed by atoms with Gasteiger partial charge in [0.15, 0.2) is 11.5 Å². The van der Waals surface area contributed by atoms with E-state index in [1.165, 1.54) is 11.8 Å². The molecule has 1 N–H and O–H groups in total. The summed E-state index contributed by atoms with van der Waals surface area (Å²) in [5.74, 6) is 1.31. The molecular weight excluding hydrogens is 346 g/mol. The standard InChI is InChI=1S/C18H20ClNO3S/c1-13(24-15-9-7-14(19)8-10-15)18(21)20-11-12-23-17-6-4-3-5-16(17)22-2/h3-10,13H,11-12H2,1-2H3,(H,20,21)/t13-/m1/s1. The number of carbonyl (C=O) groups excluding carboxylic acids is 1. The molecule has 0 aliphatic rings. The lowest BCUT2D eigenvalue weighted by atomic mass is 10.3. The number of rotatable bonds is 8. The fourth-order valence-electron chi connectivity index (χ4n) is 1.99. The average Bonchev–Trinajstić information content (AvgIpc) is 2.60. The highest BCUT2D eigenvalue weighted by Gasteiger charge is 2.14. The predicted molar refractivity (Wildman–Crippen MR) is 98.3 cm³/mol. The van der Waals surface area contributed by atoms with Crippen LogP contribution >= 0.6 is 23.4 Å². The monoisotopic (exact) mass is 365 g/mol. The van der Waals surface area contributed by atoms with Crippen molar-refractivity contribution in [2.75, 3.05) is 20.3 Å². The molecule has 0 fully saturated rings. The fraction of sp³-hybridized carbons (Fsp3) is 0.278. The Kier molecular flexibility index (Phi) is 7.28. The van der Waals surface area contributed by atoms with Crippen LogP contribution in [0.3, 0.4) is 0 Å². The van der Waals surface area contributed by atoms with Crippen molar-refractivity contribution in [1.29, 1.82) is 0 Å². The van der Waals surface area contributed by atoms with Gasteiger partial charge in [-0.05, 0) is 43.3 Å².